The van der Waals surface area contributed by atoms with E-state index in [1.54, 1.807) is 24.3 Å². The van der Waals surface area contributed by atoms with Gasteiger partial charge in [-0.1, -0.05) is 42.5 Å². The van der Waals surface area contributed by atoms with Gasteiger partial charge < -0.3 is 0 Å². The zero-order chi connectivity index (χ0) is 19.1. The number of hydrogen-bond acceptors (Lipinski definition) is 1. The predicted molar refractivity (Wildman–Crippen MR) is 110 cm³/mol. The first-order chi connectivity index (χ1) is 13.7. The lowest BCUT2D eigenvalue weighted by molar-refractivity contribution is 0.627. The molecule has 0 fully saturated rings. The smallest absolute Gasteiger partial charge is 0.123 e. The third kappa shape index (κ3) is 2.81. The normalized spacial score (nSPS) is 11.2. The summed E-state index contributed by atoms with van der Waals surface area (Å²) in [6.07, 6.45) is 0. The van der Waals surface area contributed by atoms with Gasteiger partial charge >= 0.3 is 0 Å². The zero-order valence-electron chi connectivity index (χ0n) is 14.9. The number of halogens is 2. The Hall–Kier alpha value is -3.59. The monoisotopic (exact) mass is 367 g/mol. The van der Waals surface area contributed by atoms with Crippen LogP contribution in [-0.4, -0.2) is 4.98 Å². The molecule has 0 spiro atoms. The fourth-order valence-electron chi connectivity index (χ4n) is 3.63. The molecule has 0 atom stereocenters. The third-order valence-electron chi connectivity index (χ3n) is 4.99. The average molecular weight is 367 g/mol. The number of aromatic nitrogens is 1. The molecule has 1 aromatic heterocycles. The summed E-state index contributed by atoms with van der Waals surface area (Å²) in [6, 6.07) is 27.0. The van der Waals surface area contributed by atoms with Crippen LogP contribution in [0.4, 0.5) is 8.78 Å². The average Bonchev–Trinajstić information content (AvgIpc) is 2.74. The molecule has 134 valence electrons. The highest BCUT2D eigenvalue weighted by Crippen LogP contribution is 2.36. The summed E-state index contributed by atoms with van der Waals surface area (Å²) in [5.41, 5.74) is 4.32. The third-order valence-corrected chi connectivity index (χ3v) is 4.99. The second-order valence-electron chi connectivity index (χ2n) is 6.75. The van der Waals surface area contributed by atoms with Crippen molar-refractivity contribution in [1.82, 2.24) is 4.98 Å². The molecule has 28 heavy (non-hydrogen) atoms. The topological polar surface area (TPSA) is 12.9 Å². The number of benzene rings is 4. The van der Waals surface area contributed by atoms with Gasteiger partial charge in [-0.25, -0.2) is 13.8 Å². The lowest BCUT2D eigenvalue weighted by atomic mass is 9.94. The van der Waals surface area contributed by atoms with E-state index in [1.165, 1.54) is 24.3 Å². The van der Waals surface area contributed by atoms with E-state index in [2.05, 4.69) is 12.1 Å². The van der Waals surface area contributed by atoms with Crippen molar-refractivity contribution in [2.45, 2.75) is 0 Å². The van der Waals surface area contributed by atoms with Crippen LogP contribution in [0.3, 0.4) is 0 Å². The first kappa shape index (κ1) is 16.6. The van der Waals surface area contributed by atoms with Crippen LogP contribution >= 0.6 is 0 Å². The van der Waals surface area contributed by atoms with Crippen LogP contribution in [0.5, 0.6) is 0 Å². The highest BCUT2D eigenvalue weighted by molar-refractivity contribution is 6.13. The molecule has 1 nitrogen and oxygen atoms in total. The summed E-state index contributed by atoms with van der Waals surface area (Å²) in [5.74, 6) is -0.556. The van der Waals surface area contributed by atoms with Gasteiger partial charge in [0.15, 0.2) is 0 Å². The zero-order valence-corrected chi connectivity index (χ0v) is 14.9. The quantitative estimate of drug-likeness (QED) is 0.306. The highest BCUT2D eigenvalue weighted by atomic mass is 19.1. The molecule has 1 heterocycles. The Morgan fingerprint density at radius 2 is 1.25 bits per heavy atom. The summed E-state index contributed by atoms with van der Waals surface area (Å²) in [4.78, 5) is 4.83. The lowest BCUT2D eigenvalue weighted by Gasteiger charge is -2.13. The molecule has 0 aliphatic carbocycles. The van der Waals surface area contributed by atoms with E-state index in [0.717, 1.165) is 44.1 Å². The van der Waals surface area contributed by atoms with E-state index >= 15 is 0 Å². The first-order valence-corrected chi connectivity index (χ1v) is 9.03. The molecule has 0 N–H and O–H groups in total. The first-order valence-electron chi connectivity index (χ1n) is 9.03. The van der Waals surface area contributed by atoms with Crippen molar-refractivity contribution >= 4 is 21.7 Å². The molecule has 0 saturated heterocycles. The van der Waals surface area contributed by atoms with Crippen molar-refractivity contribution in [3.05, 3.63) is 103 Å². The summed E-state index contributed by atoms with van der Waals surface area (Å²) in [6.45, 7) is 0. The standard InChI is InChI=1S/C25H15F2N/c26-19-10-5-17(6-11-19)22-15-24(18-7-12-20(27)13-8-18)28-23-14-9-16-3-1-2-4-21(16)25(22)23/h1-15H. The van der Waals surface area contributed by atoms with Crippen molar-refractivity contribution in [3.63, 3.8) is 0 Å². The molecule has 5 aromatic rings. The van der Waals surface area contributed by atoms with Gasteiger partial charge in [0.1, 0.15) is 11.6 Å². The molecule has 0 amide bonds. The van der Waals surface area contributed by atoms with Gasteiger partial charge in [-0.2, -0.15) is 0 Å². The summed E-state index contributed by atoms with van der Waals surface area (Å²) >= 11 is 0. The minimum atomic E-state index is -0.283. The van der Waals surface area contributed by atoms with E-state index in [1.807, 2.05) is 30.3 Å². The van der Waals surface area contributed by atoms with Crippen molar-refractivity contribution in [2.24, 2.45) is 0 Å². The SMILES string of the molecule is Fc1ccc(-c2cc(-c3ccc(F)cc3)c3c(ccc4ccccc43)n2)cc1. The summed E-state index contributed by atoms with van der Waals surface area (Å²) in [7, 11) is 0. The fourth-order valence-corrected chi connectivity index (χ4v) is 3.63. The van der Waals surface area contributed by atoms with Crippen LogP contribution in [0.15, 0.2) is 91.0 Å². The molecule has 3 heteroatoms. The van der Waals surface area contributed by atoms with Crippen LogP contribution in [0.1, 0.15) is 0 Å². The maximum absolute atomic E-state index is 13.5. The van der Waals surface area contributed by atoms with Crippen LogP contribution in [0.25, 0.3) is 44.1 Å². The Bertz CT molecular complexity index is 1310. The Balaban J connectivity index is 1.87. The molecule has 0 unspecified atom stereocenters. The van der Waals surface area contributed by atoms with E-state index in [0.29, 0.717) is 0 Å². The summed E-state index contributed by atoms with van der Waals surface area (Å²) < 4.78 is 26.9. The van der Waals surface area contributed by atoms with Gasteiger partial charge in [0.2, 0.25) is 0 Å². The van der Waals surface area contributed by atoms with Gasteiger partial charge in [0.05, 0.1) is 11.2 Å². The van der Waals surface area contributed by atoms with Crippen LogP contribution in [0.2, 0.25) is 0 Å². The van der Waals surface area contributed by atoms with Gasteiger partial charge in [0.25, 0.3) is 0 Å². The molecule has 5 rings (SSSR count). The van der Waals surface area contributed by atoms with E-state index < -0.39 is 0 Å². The van der Waals surface area contributed by atoms with Gasteiger partial charge in [0, 0.05) is 10.9 Å². The Labute approximate surface area is 160 Å². The minimum Gasteiger partial charge on any atom is -0.248 e. The highest BCUT2D eigenvalue weighted by Gasteiger charge is 2.12. The fraction of sp³-hybridized carbons (Fsp3) is 0. The van der Waals surface area contributed by atoms with Gasteiger partial charge in [-0.05, 0) is 70.4 Å². The Morgan fingerprint density at radius 3 is 1.96 bits per heavy atom. The molecular weight excluding hydrogens is 352 g/mol. The van der Waals surface area contributed by atoms with Crippen LogP contribution < -0.4 is 0 Å². The second-order valence-corrected chi connectivity index (χ2v) is 6.75. The van der Waals surface area contributed by atoms with Gasteiger partial charge in [-0.3, -0.25) is 0 Å². The minimum absolute atomic E-state index is 0.272. The number of nitrogens with zero attached hydrogens (tertiary/aromatic N) is 1. The Morgan fingerprint density at radius 1 is 0.607 bits per heavy atom. The van der Waals surface area contributed by atoms with Crippen molar-refractivity contribution < 1.29 is 8.78 Å². The van der Waals surface area contributed by atoms with Crippen molar-refractivity contribution in [2.75, 3.05) is 0 Å². The second kappa shape index (κ2) is 6.54. The molecule has 0 radical (unpaired) electrons. The molecular formula is C25H15F2N. The van der Waals surface area contributed by atoms with E-state index in [4.69, 9.17) is 4.98 Å². The molecule has 0 aliphatic heterocycles. The van der Waals surface area contributed by atoms with E-state index in [9.17, 15) is 8.78 Å². The molecule has 0 saturated carbocycles. The lowest BCUT2D eigenvalue weighted by Crippen LogP contribution is -1.91. The van der Waals surface area contributed by atoms with Crippen LogP contribution in [-0.2, 0) is 0 Å². The van der Waals surface area contributed by atoms with Crippen molar-refractivity contribution in [1.29, 1.82) is 0 Å². The number of hydrogen-bond donors (Lipinski definition) is 0. The maximum Gasteiger partial charge on any atom is 0.123 e. The Kier molecular flexibility index (Phi) is 3.87. The maximum atomic E-state index is 13.5. The predicted octanol–water partition coefficient (Wildman–Crippen LogP) is 7.00. The van der Waals surface area contributed by atoms with Crippen molar-refractivity contribution in [3.8, 4) is 22.4 Å². The largest absolute Gasteiger partial charge is 0.248 e. The molecule has 4 aromatic carbocycles. The molecule has 0 aliphatic rings. The number of fused-ring (bicyclic) bond motifs is 3. The summed E-state index contributed by atoms with van der Waals surface area (Å²) in [5, 5.41) is 3.24. The van der Waals surface area contributed by atoms with Crippen LogP contribution in [0, 0.1) is 11.6 Å². The number of rotatable bonds is 2. The van der Waals surface area contributed by atoms with E-state index in [-0.39, 0.29) is 11.6 Å². The number of pyridine rings is 1. The van der Waals surface area contributed by atoms with Gasteiger partial charge in [-0.15, -0.1) is 0 Å². The molecule has 0 bridgehead atoms.